The minimum Gasteiger partial charge on any atom is -0.244 e. The number of carbonyl (C=O) groups is 1. The Bertz CT molecular complexity index is 137. The first-order chi connectivity index (χ1) is 3.39. The van der Waals surface area contributed by atoms with Crippen LogP contribution in [0.1, 0.15) is 0 Å². The second kappa shape index (κ2) is 1.55. The van der Waals surface area contributed by atoms with Crippen LogP contribution in [-0.2, 0) is 0 Å². The Morgan fingerprint density at radius 2 is 2.57 bits per heavy atom. The molecule has 0 bridgehead atoms. The summed E-state index contributed by atoms with van der Waals surface area (Å²) in [5.74, 6) is 0. The molecule has 0 aliphatic carbocycles. The molecule has 1 aliphatic heterocycles. The van der Waals surface area contributed by atoms with Crippen molar-refractivity contribution in [3.05, 3.63) is 12.3 Å². The van der Waals surface area contributed by atoms with Crippen molar-refractivity contribution >= 4 is 12.2 Å². The maximum absolute atomic E-state index is 10.0. The second-order valence-corrected chi connectivity index (χ2v) is 0.968. The van der Waals surface area contributed by atoms with Crippen LogP contribution in [0.15, 0.2) is 17.3 Å². The molecule has 0 spiro atoms. The van der Waals surface area contributed by atoms with Crippen LogP contribution in [0.3, 0.4) is 0 Å². The van der Waals surface area contributed by atoms with Crippen LogP contribution in [-0.4, -0.2) is 12.2 Å². The zero-order chi connectivity index (χ0) is 5.11. The molecule has 0 saturated heterocycles. The fraction of sp³-hybridized carbons (Fsp3) is 0. The molecule has 0 fully saturated rings. The molecule has 2 amide bonds. The molecule has 0 atom stereocenters. The number of rotatable bonds is 0. The minimum absolute atomic E-state index is 0.484. The maximum Gasteiger partial charge on any atom is 0.367 e. The van der Waals surface area contributed by atoms with Crippen LogP contribution in [0.25, 0.3) is 0 Å². The van der Waals surface area contributed by atoms with E-state index in [1.807, 2.05) is 0 Å². The van der Waals surface area contributed by atoms with Gasteiger partial charge in [-0.25, -0.2) is 10.1 Å². The average molecular weight is 94.1 g/mol. The predicted octanol–water partition coefficient (Wildman–Crippen LogP) is 0.186. The van der Waals surface area contributed by atoms with E-state index in [2.05, 4.69) is 16.5 Å². The first-order valence-electron chi connectivity index (χ1n) is 1.76. The van der Waals surface area contributed by atoms with Gasteiger partial charge in [0, 0.05) is 6.20 Å². The summed E-state index contributed by atoms with van der Waals surface area (Å²) in [4.78, 5) is 13.2. The fourth-order valence-corrected chi connectivity index (χ4v) is 0.256. The van der Waals surface area contributed by atoms with Gasteiger partial charge < -0.3 is 0 Å². The first-order valence-corrected chi connectivity index (χ1v) is 1.76. The van der Waals surface area contributed by atoms with E-state index in [0.29, 0.717) is 0 Å². The van der Waals surface area contributed by atoms with Crippen molar-refractivity contribution in [3.63, 3.8) is 0 Å². The summed E-state index contributed by atoms with van der Waals surface area (Å²) in [5, 5.41) is 3.28. The molecule has 0 aromatic carbocycles. The molecule has 0 aromatic rings. The van der Waals surface area contributed by atoms with Crippen LogP contribution in [0.4, 0.5) is 4.79 Å². The highest BCUT2D eigenvalue weighted by molar-refractivity contribution is 5.90. The predicted molar refractivity (Wildman–Crippen MR) is 24.1 cm³/mol. The summed E-state index contributed by atoms with van der Waals surface area (Å²) in [6.07, 6.45) is 5.17. The van der Waals surface area contributed by atoms with E-state index in [-0.39, 0.29) is 0 Å². The molecule has 3 heteroatoms. The van der Waals surface area contributed by atoms with E-state index in [9.17, 15) is 4.79 Å². The van der Waals surface area contributed by atoms with Gasteiger partial charge in [-0.1, -0.05) is 0 Å². The lowest BCUT2D eigenvalue weighted by Gasteiger charge is -1.87. The Balaban J connectivity index is 2.66. The highest BCUT2D eigenvalue weighted by Gasteiger charge is 1.95. The Kier molecular flexibility index (Phi) is 0.898. The Hall–Kier alpha value is -1.12. The topological polar surface area (TPSA) is 43.5 Å². The first kappa shape index (κ1) is 4.05. The van der Waals surface area contributed by atoms with Crippen molar-refractivity contribution in [3.8, 4) is 0 Å². The monoisotopic (exact) mass is 94.0 g/mol. The molecule has 2 radical (unpaired) electrons. The SMILES string of the molecule is O=C1[N]C=C[C]=N1. The normalized spacial score (nSPS) is 16.9. The third-order valence-electron chi connectivity index (χ3n) is 0.494. The molecule has 1 aliphatic rings. The van der Waals surface area contributed by atoms with E-state index < -0.39 is 6.03 Å². The number of hydrogen-bond acceptors (Lipinski definition) is 1. The Labute approximate surface area is 40.7 Å². The van der Waals surface area contributed by atoms with Gasteiger partial charge in [-0.3, -0.25) is 0 Å². The summed E-state index contributed by atoms with van der Waals surface area (Å²) >= 11 is 0. The summed E-state index contributed by atoms with van der Waals surface area (Å²) in [6.45, 7) is 0. The Morgan fingerprint density at radius 3 is 2.86 bits per heavy atom. The minimum atomic E-state index is -0.484. The van der Waals surface area contributed by atoms with Crippen LogP contribution in [0.2, 0.25) is 0 Å². The third-order valence-corrected chi connectivity index (χ3v) is 0.494. The molecule has 7 heavy (non-hydrogen) atoms. The van der Waals surface area contributed by atoms with Gasteiger partial charge >= 0.3 is 6.03 Å². The van der Waals surface area contributed by atoms with Gasteiger partial charge in [-0.2, -0.15) is 4.99 Å². The molecular weight excluding hydrogens is 92.1 g/mol. The van der Waals surface area contributed by atoms with Crippen molar-refractivity contribution in [1.82, 2.24) is 5.32 Å². The standard InChI is InChI=1S/C4H2N2O/c7-4-5-2-1-3-6-4/h1-2H. The average Bonchev–Trinajstić information content (AvgIpc) is 1.69. The van der Waals surface area contributed by atoms with Crippen molar-refractivity contribution in [2.75, 3.05) is 0 Å². The van der Waals surface area contributed by atoms with E-state index in [1.54, 1.807) is 0 Å². The number of amides is 2. The van der Waals surface area contributed by atoms with Gasteiger partial charge in [-0.05, 0) is 6.08 Å². The van der Waals surface area contributed by atoms with E-state index in [4.69, 9.17) is 0 Å². The van der Waals surface area contributed by atoms with Crippen molar-refractivity contribution in [2.45, 2.75) is 0 Å². The maximum atomic E-state index is 10.0. The van der Waals surface area contributed by atoms with Crippen LogP contribution < -0.4 is 5.32 Å². The largest absolute Gasteiger partial charge is 0.367 e. The van der Waals surface area contributed by atoms with Crippen LogP contribution in [0, 0.1) is 0 Å². The molecule has 0 aromatic heterocycles. The summed E-state index contributed by atoms with van der Waals surface area (Å²) < 4.78 is 0. The second-order valence-electron chi connectivity index (χ2n) is 0.968. The lowest BCUT2D eigenvalue weighted by atomic mass is 10.6. The van der Waals surface area contributed by atoms with E-state index in [1.165, 1.54) is 12.3 Å². The highest BCUT2D eigenvalue weighted by Crippen LogP contribution is 1.81. The zero-order valence-electron chi connectivity index (χ0n) is 3.46. The number of aliphatic imine (C=N–C) groups is 1. The third kappa shape index (κ3) is 0.855. The summed E-state index contributed by atoms with van der Waals surface area (Å²) in [5.41, 5.74) is 0. The highest BCUT2D eigenvalue weighted by atomic mass is 16.2. The number of urea groups is 1. The van der Waals surface area contributed by atoms with Gasteiger partial charge in [0.15, 0.2) is 0 Å². The number of nitrogens with zero attached hydrogens (tertiary/aromatic N) is 2. The van der Waals surface area contributed by atoms with Gasteiger partial charge in [0.25, 0.3) is 0 Å². The van der Waals surface area contributed by atoms with Crippen molar-refractivity contribution in [2.24, 2.45) is 4.99 Å². The summed E-state index contributed by atoms with van der Waals surface area (Å²) in [6, 6.07) is -0.484. The van der Waals surface area contributed by atoms with Crippen molar-refractivity contribution < 1.29 is 4.79 Å². The van der Waals surface area contributed by atoms with Crippen molar-refractivity contribution in [1.29, 1.82) is 0 Å². The van der Waals surface area contributed by atoms with Gasteiger partial charge in [-0.15, -0.1) is 0 Å². The molecule has 1 heterocycles. The molecule has 0 unspecified atom stereocenters. The van der Waals surface area contributed by atoms with Crippen LogP contribution >= 0.6 is 0 Å². The Morgan fingerprint density at radius 1 is 1.71 bits per heavy atom. The van der Waals surface area contributed by atoms with Gasteiger partial charge in [0.1, 0.15) is 0 Å². The molecule has 0 N–H and O–H groups in total. The summed E-state index contributed by atoms with van der Waals surface area (Å²) in [7, 11) is 0. The smallest absolute Gasteiger partial charge is 0.244 e. The van der Waals surface area contributed by atoms with E-state index in [0.717, 1.165) is 0 Å². The molecule has 0 saturated carbocycles. The lowest BCUT2D eigenvalue weighted by Crippen LogP contribution is -2.06. The lowest BCUT2D eigenvalue weighted by molar-refractivity contribution is 0.251. The van der Waals surface area contributed by atoms with Gasteiger partial charge in [0.2, 0.25) is 0 Å². The number of allylic oxidation sites excluding steroid dienone is 1. The molecule has 3 nitrogen and oxygen atoms in total. The molecule has 1 rings (SSSR count). The number of hydrogen-bond donors (Lipinski definition) is 0. The molecule has 34 valence electrons. The zero-order valence-corrected chi connectivity index (χ0v) is 3.46. The number of carbonyl (C=O) groups excluding carboxylic acids is 1. The molecular formula is C4H2N2O. The van der Waals surface area contributed by atoms with Crippen LogP contribution in [0.5, 0.6) is 0 Å². The van der Waals surface area contributed by atoms with E-state index >= 15 is 0 Å². The fourth-order valence-electron chi connectivity index (χ4n) is 0.256. The quantitative estimate of drug-likeness (QED) is 0.422. The van der Waals surface area contributed by atoms with Gasteiger partial charge in [0.05, 0.1) is 6.21 Å².